The van der Waals surface area contributed by atoms with E-state index in [1.165, 1.54) is 16.7 Å². The second kappa shape index (κ2) is 19.8. The van der Waals surface area contributed by atoms with Crippen LogP contribution in [0, 0.1) is 35.0 Å². The van der Waals surface area contributed by atoms with E-state index in [9.17, 15) is 0 Å². The van der Waals surface area contributed by atoms with Crippen LogP contribution in [0.5, 0.6) is 0 Å². The Kier molecular flexibility index (Phi) is 13.5. The quantitative estimate of drug-likeness (QED) is 0.0555. The van der Waals surface area contributed by atoms with Crippen molar-refractivity contribution in [1.82, 2.24) is 37.2 Å². The van der Waals surface area contributed by atoms with E-state index in [1.54, 1.807) is 13.1 Å². The van der Waals surface area contributed by atoms with Crippen LogP contribution < -0.4 is 43.0 Å². The fourth-order valence-corrected chi connectivity index (χ4v) is 15.4. The summed E-state index contributed by atoms with van der Waals surface area (Å²) in [5.74, 6) is 2.08. The number of dihydropyridines is 2. The summed E-state index contributed by atoms with van der Waals surface area (Å²) in [6, 6.07) is 5.66. The molecule has 0 aromatic heterocycles. The summed E-state index contributed by atoms with van der Waals surface area (Å²) in [7, 11) is 3.79. The van der Waals surface area contributed by atoms with E-state index in [2.05, 4.69) is 93.4 Å². The largest absolute Gasteiger partial charge is 0.463 e. The second-order valence-electron chi connectivity index (χ2n) is 23.4. The van der Waals surface area contributed by atoms with Crippen LogP contribution in [0.3, 0.4) is 0 Å². The molecule has 0 amide bonds. The first kappa shape index (κ1) is 49.9. The normalized spacial score (nSPS) is 38.4. The number of ether oxygens (including phenoxy) is 2. The Labute approximate surface area is 432 Å². The lowest BCUT2D eigenvalue weighted by Gasteiger charge is -2.52. The van der Waals surface area contributed by atoms with Crippen molar-refractivity contribution >= 4 is 23.5 Å². The van der Waals surface area contributed by atoms with E-state index in [4.69, 9.17) is 15.2 Å². The van der Waals surface area contributed by atoms with Crippen LogP contribution in [0.4, 0.5) is 0 Å². The summed E-state index contributed by atoms with van der Waals surface area (Å²) in [6.07, 6.45) is 29.5. The van der Waals surface area contributed by atoms with Crippen LogP contribution in [0.2, 0.25) is 0 Å². The van der Waals surface area contributed by atoms with E-state index in [0.29, 0.717) is 54.2 Å². The number of esters is 1. The standard InChI is InChI=1S/C59H79N9O5/c1-6-63-46-29-38-11-7-14-40-37-13-9-24-56(3,31-36-16-20-47(60)66-33-36)32-39-12-8-15-43-50(39)52(70)59(54(71)72-34-44(46)41(18-17-37)49(38)40)58(73-59,51(43)69)26-22-35(2)30-57(25-10-27-65-55(62-5)68-57)45-23-28-64-53-42(45)19-21-48(61-4)67-53/h7-8,11-12,15-16,20,22-23,29,33,37,40-41,44,46-49,61,63-64,66-67H,6,9-10,13-14,17-19,21,24-28,30-32,34,60H2,1-5H3,(H2,62,65,68). The number of allylic oxidation sites excluding steroid dienone is 5. The smallest absolute Gasteiger partial charge is 0.350 e. The second-order valence-corrected chi connectivity index (χ2v) is 23.4. The molecule has 1 aromatic carbocycles. The van der Waals surface area contributed by atoms with E-state index >= 15 is 14.4 Å². The monoisotopic (exact) mass is 994 g/mol. The van der Waals surface area contributed by atoms with Gasteiger partial charge in [-0.1, -0.05) is 86.9 Å². The van der Waals surface area contributed by atoms with Gasteiger partial charge in [-0.3, -0.25) is 14.6 Å². The third-order valence-corrected chi connectivity index (χ3v) is 18.8. The molecule has 4 aliphatic carbocycles. The Balaban J connectivity index is 0.976. The molecule has 14 nitrogen and oxygen atoms in total. The van der Waals surface area contributed by atoms with Crippen molar-refractivity contribution in [2.45, 2.75) is 146 Å². The number of carbonyl (C=O) groups excluding carboxylic acids is 3. The van der Waals surface area contributed by atoms with Crippen molar-refractivity contribution in [3.63, 3.8) is 0 Å². The van der Waals surface area contributed by atoms with Gasteiger partial charge in [0.1, 0.15) is 5.82 Å². The number of nitrogens with zero attached hydrogens (tertiary/aromatic N) is 1. The van der Waals surface area contributed by atoms with Gasteiger partial charge >= 0.3 is 5.97 Å². The number of nitrogens with one attached hydrogen (secondary N) is 7. The SMILES string of the molecule is CCNC1C=C2C=CCC3C4CCCC(C)(CC5=CNC(N)C=C5)Cc5cccc6c5C(=O)C5(OC5(CC=C(C)CC5(C7=CCNC8=C7CCC(NC)N8)CCCNC(=NC)N5)C6=O)C(=O)OCC1C(CC4)C23. The molecule has 12 atom stereocenters. The molecule has 7 aliphatic heterocycles. The number of rotatable bonds is 10. The average molecular weight is 994 g/mol. The molecule has 2 saturated heterocycles. The Bertz CT molecular complexity index is 2660. The summed E-state index contributed by atoms with van der Waals surface area (Å²) < 4.78 is 13.3. The average Bonchev–Trinajstić information content (AvgIpc) is 4.15. The zero-order chi connectivity index (χ0) is 50.7. The third kappa shape index (κ3) is 8.75. The van der Waals surface area contributed by atoms with Gasteiger partial charge in [0, 0.05) is 55.8 Å². The fourth-order valence-electron chi connectivity index (χ4n) is 15.4. The number of ketones is 2. The van der Waals surface area contributed by atoms with Crippen molar-refractivity contribution in [2.24, 2.45) is 45.7 Å². The molecule has 3 fully saturated rings. The van der Waals surface area contributed by atoms with Crippen LogP contribution in [0.15, 0.2) is 106 Å². The number of epoxide rings is 1. The molecule has 14 heteroatoms. The highest BCUT2D eigenvalue weighted by atomic mass is 16.7. The zero-order valence-corrected chi connectivity index (χ0v) is 43.8. The maximum absolute atomic E-state index is 15.8. The molecule has 73 heavy (non-hydrogen) atoms. The van der Waals surface area contributed by atoms with Gasteiger partial charge in [-0.05, 0) is 154 Å². The number of hydrogen-bond donors (Lipinski definition) is 8. The van der Waals surface area contributed by atoms with Gasteiger partial charge in [0.2, 0.25) is 5.78 Å². The van der Waals surface area contributed by atoms with Crippen LogP contribution in [0.25, 0.3) is 0 Å². The molecule has 390 valence electrons. The van der Waals surface area contributed by atoms with Gasteiger partial charge in [0.05, 0.1) is 24.5 Å². The molecule has 0 radical (unpaired) electrons. The Morgan fingerprint density at radius 1 is 1.03 bits per heavy atom. The third-order valence-electron chi connectivity index (χ3n) is 18.8. The molecule has 12 unspecified atom stereocenters. The molecule has 7 heterocycles. The number of likely N-dealkylation sites (N-methyl/N-ethyl adjacent to an activating group) is 1. The van der Waals surface area contributed by atoms with Crippen molar-refractivity contribution < 1.29 is 23.9 Å². The Morgan fingerprint density at radius 3 is 2.71 bits per heavy atom. The first-order chi connectivity index (χ1) is 35.3. The Hall–Kier alpha value is -5.28. The number of nitrogens with two attached hydrogens (primary N) is 1. The number of hydrogen-bond acceptors (Lipinski definition) is 12. The minimum Gasteiger partial charge on any atom is -0.463 e. The van der Waals surface area contributed by atoms with Gasteiger partial charge in [-0.2, -0.15) is 0 Å². The number of fused-ring (bicyclic) bond motifs is 7. The molecular weight excluding hydrogens is 915 g/mol. The van der Waals surface area contributed by atoms with Crippen molar-refractivity contribution in [1.29, 1.82) is 0 Å². The number of guanidine groups is 1. The molecular formula is C59H79N9O5. The van der Waals surface area contributed by atoms with Gasteiger partial charge < -0.3 is 52.4 Å². The van der Waals surface area contributed by atoms with Gasteiger partial charge in [-0.25, -0.2) is 4.79 Å². The minimum atomic E-state index is -2.11. The number of aliphatic imine (C=N–C) groups is 1. The predicted molar refractivity (Wildman–Crippen MR) is 285 cm³/mol. The van der Waals surface area contributed by atoms with Crippen LogP contribution >= 0.6 is 0 Å². The van der Waals surface area contributed by atoms with Crippen molar-refractivity contribution in [3.05, 3.63) is 117 Å². The highest BCUT2D eigenvalue weighted by Gasteiger charge is 2.85. The zero-order valence-electron chi connectivity index (χ0n) is 43.8. The van der Waals surface area contributed by atoms with Crippen molar-refractivity contribution in [2.75, 3.05) is 40.3 Å². The lowest BCUT2D eigenvalue weighted by Crippen LogP contribution is -2.55. The molecule has 1 aromatic rings. The molecule has 1 saturated carbocycles. The summed E-state index contributed by atoms with van der Waals surface area (Å²) in [5.41, 5.74) is 9.02. The summed E-state index contributed by atoms with van der Waals surface area (Å²) in [6.45, 7) is 8.93. The maximum atomic E-state index is 15.8. The first-order valence-corrected chi connectivity index (χ1v) is 27.7. The van der Waals surface area contributed by atoms with E-state index in [-0.39, 0.29) is 48.5 Å². The molecule has 9 N–H and O–H groups in total. The lowest BCUT2D eigenvalue weighted by atomic mass is 9.54. The highest BCUT2D eigenvalue weighted by Crippen LogP contribution is 2.60. The van der Waals surface area contributed by atoms with E-state index in [1.807, 2.05) is 37.5 Å². The van der Waals surface area contributed by atoms with Crippen LogP contribution in [0.1, 0.15) is 131 Å². The summed E-state index contributed by atoms with van der Waals surface area (Å²) >= 11 is 0. The van der Waals surface area contributed by atoms with Gasteiger partial charge in [-0.15, -0.1) is 0 Å². The molecule has 11 aliphatic rings. The van der Waals surface area contributed by atoms with Crippen LogP contribution in [-0.4, -0.2) is 98.9 Å². The fraction of sp³-hybridized carbons (Fsp3) is 0.593. The number of benzene rings is 1. The maximum Gasteiger partial charge on any atom is 0.350 e. The van der Waals surface area contributed by atoms with E-state index < -0.39 is 28.5 Å². The number of carbonyl (C=O) groups is 3. The topological polar surface area (TPSA) is 196 Å². The number of Topliss-reactive ketones (excluding diaryl/α,β-unsaturated/α-hetero) is 2. The van der Waals surface area contributed by atoms with Crippen molar-refractivity contribution in [3.8, 4) is 0 Å². The highest BCUT2D eigenvalue weighted by molar-refractivity contribution is 6.33. The molecule has 6 bridgehead atoms. The minimum absolute atomic E-state index is 0.00220. The molecule has 12 rings (SSSR count). The molecule has 1 spiro atoms. The lowest BCUT2D eigenvalue weighted by molar-refractivity contribution is -0.151. The predicted octanol–water partition coefficient (Wildman–Crippen LogP) is 6.41. The van der Waals surface area contributed by atoms with Gasteiger partial charge in [0.15, 0.2) is 17.3 Å². The first-order valence-electron chi connectivity index (χ1n) is 27.7. The van der Waals surface area contributed by atoms with Gasteiger partial charge in [0.25, 0.3) is 5.60 Å². The Morgan fingerprint density at radius 2 is 1.90 bits per heavy atom. The van der Waals surface area contributed by atoms with Crippen LogP contribution in [-0.2, 0) is 20.7 Å². The van der Waals surface area contributed by atoms with E-state index in [0.717, 1.165) is 112 Å². The summed E-state index contributed by atoms with van der Waals surface area (Å²) in [5, 5.41) is 25.1. The summed E-state index contributed by atoms with van der Waals surface area (Å²) in [4.78, 5) is 51.5.